The monoisotopic (exact) mass is 247 g/mol. The maximum atomic E-state index is 12.5. The molecule has 2 atom stereocenters. The molecule has 0 aliphatic carbocycles. The Kier molecular flexibility index (Phi) is 4.02. The first-order valence-electron chi connectivity index (χ1n) is 6.65. The zero-order valence-corrected chi connectivity index (χ0v) is 11.1. The van der Waals surface area contributed by atoms with Crippen LogP contribution in [0.4, 0.5) is 0 Å². The molecule has 18 heavy (non-hydrogen) atoms. The van der Waals surface area contributed by atoms with Gasteiger partial charge in [0, 0.05) is 0 Å². The molecule has 98 valence electrons. The van der Waals surface area contributed by atoms with Crippen molar-refractivity contribution in [3.8, 4) is 0 Å². The van der Waals surface area contributed by atoms with Crippen molar-refractivity contribution < 1.29 is 9.53 Å². The van der Waals surface area contributed by atoms with Crippen LogP contribution in [0, 0.1) is 5.92 Å². The number of carbonyl (C=O) groups excluding carboxylic acids is 1. The number of nitrogens with one attached hydrogen (secondary N) is 1. The van der Waals surface area contributed by atoms with E-state index in [1.807, 2.05) is 37.3 Å². The van der Waals surface area contributed by atoms with Gasteiger partial charge in [0.05, 0.1) is 12.0 Å². The number of hydrogen-bond acceptors (Lipinski definition) is 3. The van der Waals surface area contributed by atoms with Crippen LogP contribution in [-0.2, 0) is 14.9 Å². The fraction of sp³-hybridized carbons (Fsp3) is 0.533. The van der Waals surface area contributed by atoms with Gasteiger partial charge >= 0.3 is 5.97 Å². The molecule has 3 heteroatoms. The summed E-state index contributed by atoms with van der Waals surface area (Å²) in [4.78, 5) is 12.5. The van der Waals surface area contributed by atoms with E-state index in [0.717, 1.165) is 25.1 Å². The summed E-state index contributed by atoms with van der Waals surface area (Å²) < 4.78 is 5.34. The Labute approximate surface area is 109 Å². The molecular formula is C15H21NO2. The van der Waals surface area contributed by atoms with Crippen LogP contribution in [0.1, 0.15) is 25.8 Å². The van der Waals surface area contributed by atoms with Crippen molar-refractivity contribution in [2.45, 2.75) is 25.7 Å². The molecule has 1 heterocycles. The van der Waals surface area contributed by atoms with Gasteiger partial charge in [0.15, 0.2) is 0 Å². The van der Waals surface area contributed by atoms with Crippen molar-refractivity contribution in [3.63, 3.8) is 0 Å². The quantitative estimate of drug-likeness (QED) is 0.831. The maximum Gasteiger partial charge on any atom is 0.316 e. The standard InChI is InChI=1S/C15H21NO2/c1-3-18-14(17)15(9-10-16-11-12(15)2)13-7-5-4-6-8-13/h4-8,12,16H,3,9-11H2,1-2H3. The summed E-state index contributed by atoms with van der Waals surface area (Å²) in [6, 6.07) is 10.0. The first kappa shape index (κ1) is 13.1. The molecule has 3 nitrogen and oxygen atoms in total. The third-order valence-corrected chi connectivity index (χ3v) is 3.92. The summed E-state index contributed by atoms with van der Waals surface area (Å²) >= 11 is 0. The van der Waals surface area contributed by atoms with Crippen LogP contribution in [0.3, 0.4) is 0 Å². The molecule has 1 aliphatic rings. The van der Waals surface area contributed by atoms with Gasteiger partial charge in [0.25, 0.3) is 0 Å². The summed E-state index contributed by atoms with van der Waals surface area (Å²) in [6.07, 6.45) is 0.803. The lowest BCUT2D eigenvalue weighted by molar-refractivity contribution is -0.153. The molecule has 1 saturated heterocycles. The second-order valence-corrected chi connectivity index (χ2v) is 4.91. The lowest BCUT2D eigenvalue weighted by Gasteiger charge is -2.41. The minimum Gasteiger partial charge on any atom is -0.465 e. The second-order valence-electron chi connectivity index (χ2n) is 4.91. The van der Waals surface area contributed by atoms with Gasteiger partial charge in [-0.3, -0.25) is 4.79 Å². The smallest absolute Gasteiger partial charge is 0.316 e. The Hall–Kier alpha value is -1.35. The van der Waals surface area contributed by atoms with Gasteiger partial charge < -0.3 is 10.1 Å². The highest BCUT2D eigenvalue weighted by molar-refractivity contribution is 5.84. The van der Waals surface area contributed by atoms with Crippen molar-refractivity contribution in [3.05, 3.63) is 35.9 Å². The normalized spacial score (nSPS) is 27.8. The zero-order valence-electron chi connectivity index (χ0n) is 11.1. The van der Waals surface area contributed by atoms with E-state index in [-0.39, 0.29) is 11.9 Å². The van der Waals surface area contributed by atoms with Crippen LogP contribution >= 0.6 is 0 Å². The van der Waals surface area contributed by atoms with E-state index in [0.29, 0.717) is 6.61 Å². The number of hydrogen-bond donors (Lipinski definition) is 1. The fourth-order valence-corrected chi connectivity index (χ4v) is 2.87. The first-order chi connectivity index (χ1) is 8.71. The molecule has 1 aliphatic heterocycles. The fourth-order valence-electron chi connectivity index (χ4n) is 2.87. The predicted octanol–water partition coefficient (Wildman–Crippen LogP) is 2.12. The van der Waals surface area contributed by atoms with E-state index in [1.165, 1.54) is 0 Å². The van der Waals surface area contributed by atoms with Crippen molar-refractivity contribution in [2.24, 2.45) is 5.92 Å². The van der Waals surface area contributed by atoms with Gasteiger partial charge in [-0.1, -0.05) is 37.3 Å². The highest BCUT2D eigenvalue weighted by Crippen LogP contribution is 2.38. The Balaban J connectivity index is 2.42. The van der Waals surface area contributed by atoms with Gasteiger partial charge in [0.2, 0.25) is 0 Å². The van der Waals surface area contributed by atoms with Crippen LogP contribution in [-0.4, -0.2) is 25.7 Å². The molecule has 0 radical (unpaired) electrons. The number of carbonyl (C=O) groups is 1. The number of benzene rings is 1. The summed E-state index contributed by atoms with van der Waals surface area (Å²) in [5.74, 6) is 0.165. The summed E-state index contributed by atoms with van der Waals surface area (Å²) in [7, 11) is 0. The van der Waals surface area contributed by atoms with Crippen molar-refractivity contribution in [1.82, 2.24) is 5.32 Å². The third-order valence-electron chi connectivity index (χ3n) is 3.92. The van der Waals surface area contributed by atoms with Gasteiger partial charge in [-0.05, 0) is 37.9 Å². The summed E-state index contributed by atoms with van der Waals surface area (Å²) in [5, 5.41) is 3.35. The van der Waals surface area contributed by atoms with E-state index in [1.54, 1.807) is 0 Å². The molecular weight excluding hydrogens is 226 g/mol. The van der Waals surface area contributed by atoms with E-state index >= 15 is 0 Å². The lowest BCUT2D eigenvalue weighted by atomic mass is 9.67. The van der Waals surface area contributed by atoms with Crippen LogP contribution in [0.2, 0.25) is 0 Å². The molecule has 0 amide bonds. The van der Waals surface area contributed by atoms with Crippen LogP contribution in [0.15, 0.2) is 30.3 Å². The van der Waals surface area contributed by atoms with Crippen molar-refractivity contribution in [1.29, 1.82) is 0 Å². The van der Waals surface area contributed by atoms with Gasteiger partial charge in [0.1, 0.15) is 0 Å². The molecule has 0 spiro atoms. The maximum absolute atomic E-state index is 12.5. The molecule has 1 fully saturated rings. The summed E-state index contributed by atoms with van der Waals surface area (Å²) in [6.45, 7) is 6.14. The topological polar surface area (TPSA) is 38.3 Å². The van der Waals surface area contributed by atoms with E-state index in [4.69, 9.17) is 4.74 Å². The van der Waals surface area contributed by atoms with Crippen LogP contribution in [0.5, 0.6) is 0 Å². The van der Waals surface area contributed by atoms with Crippen molar-refractivity contribution >= 4 is 5.97 Å². The lowest BCUT2D eigenvalue weighted by Crippen LogP contribution is -2.52. The largest absolute Gasteiger partial charge is 0.465 e. The molecule has 1 N–H and O–H groups in total. The molecule has 1 aromatic rings. The Bertz CT molecular complexity index is 404. The minimum absolute atomic E-state index is 0.0785. The van der Waals surface area contributed by atoms with Crippen LogP contribution in [0.25, 0.3) is 0 Å². The highest BCUT2D eigenvalue weighted by Gasteiger charge is 2.47. The Morgan fingerprint density at radius 2 is 2.17 bits per heavy atom. The Morgan fingerprint density at radius 1 is 1.44 bits per heavy atom. The molecule has 2 unspecified atom stereocenters. The number of esters is 1. The molecule has 0 saturated carbocycles. The van der Waals surface area contributed by atoms with Gasteiger partial charge in [-0.2, -0.15) is 0 Å². The molecule has 0 aromatic heterocycles. The first-order valence-corrected chi connectivity index (χ1v) is 6.65. The number of rotatable bonds is 3. The molecule has 1 aromatic carbocycles. The SMILES string of the molecule is CCOC(=O)C1(c2ccccc2)CCNCC1C. The minimum atomic E-state index is -0.484. The Morgan fingerprint density at radius 3 is 2.78 bits per heavy atom. The summed E-state index contributed by atoms with van der Waals surface area (Å²) in [5.41, 5.74) is 0.597. The van der Waals surface area contributed by atoms with E-state index < -0.39 is 5.41 Å². The zero-order chi connectivity index (χ0) is 13.0. The number of ether oxygens (including phenoxy) is 1. The predicted molar refractivity (Wildman–Crippen MR) is 71.4 cm³/mol. The van der Waals surface area contributed by atoms with E-state index in [9.17, 15) is 4.79 Å². The highest BCUT2D eigenvalue weighted by atomic mass is 16.5. The molecule has 0 bridgehead atoms. The van der Waals surface area contributed by atoms with Gasteiger partial charge in [-0.15, -0.1) is 0 Å². The second kappa shape index (κ2) is 5.53. The van der Waals surface area contributed by atoms with Crippen molar-refractivity contribution in [2.75, 3.05) is 19.7 Å². The molecule has 2 rings (SSSR count). The van der Waals surface area contributed by atoms with Gasteiger partial charge in [-0.25, -0.2) is 0 Å². The van der Waals surface area contributed by atoms with E-state index in [2.05, 4.69) is 12.2 Å². The average Bonchev–Trinajstić information content (AvgIpc) is 2.41. The number of piperidine rings is 1. The third kappa shape index (κ3) is 2.15. The average molecular weight is 247 g/mol. The van der Waals surface area contributed by atoms with Crippen LogP contribution < -0.4 is 5.32 Å².